The summed E-state index contributed by atoms with van der Waals surface area (Å²) in [6.07, 6.45) is 8.77. The fourth-order valence-corrected chi connectivity index (χ4v) is 1.95. The van der Waals surface area contributed by atoms with Crippen molar-refractivity contribution in [1.82, 2.24) is 24.5 Å². The Morgan fingerprint density at radius 3 is 2.71 bits per heavy atom. The van der Waals surface area contributed by atoms with Crippen molar-refractivity contribution in [3.05, 3.63) is 18.7 Å². The van der Waals surface area contributed by atoms with Crippen LogP contribution in [0.2, 0.25) is 0 Å². The lowest BCUT2D eigenvalue weighted by Crippen LogP contribution is -2.23. The molecule has 0 aliphatic rings. The van der Waals surface area contributed by atoms with Gasteiger partial charge in [0.05, 0.1) is 0 Å². The molecule has 0 fully saturated rings. The van der Waals surface area contributed by atoms with Crippen LogP contribution in [0.15, 0.2) is 18.7 Å². The highest BCUT2D eigenvalue weighted by molar-refractivity contribution is 5.39. The van der Waals surface area contributed by atoms with Crippen molar-refractivity contribution in [1.29, 1.82) is 0 Å². The maximum absolute atomic E-state index is 4.52. The van der Waals surface area contributed by atoms with Gasteiger partial charge in [0.15, 0.2) is 0 Å². The molecule has 0 spiro atoms. The van der Waals surface area contributed by atoms with Gasteiger partial charge in [-0.15, -0.1) is 0 Å². The Morgan fingerprint density at radius 2 is 2.05 bits per heavy atom. The van der Waals surface area contributed by atoms with E-state index in [0.717, 1.165) is 19.5 Å². The number of imidazole rings is 1. The normalized spacial score (nSPS) is 10.6. The van der Waals surface area contributed by atoms with Crippen LogP contribution >= 0.6 is 0 Å². The van der Waals surface area contributed by atoms with E-state index >= 15 is 0 Å². The first-order chi connectivity index (χ1) is 10.2. The number of unbranched alkanes of at least 4 members (excludes halogenated alkanes) is 2. The van der Waals surface area contributed by atoms with E-state index < -0.39 is 0 Å². The Labute approximate surface area is 125 Å². The lowest BCUT2D eigenvalue weighted by molar-refractivity contribution is 0.693. The van der Waals surface area contributed by atoms with Crippen molar-refractivity contribution in [3.8, 4) is 5.95 Å². The van der Waals surface area contributed by atoms with Gasteiger partial charge in [0, 0.05) is 32.5 Å². The molecule has 2 rings (SSSR count). The zero-order valence-electron chi connectivity index (χ0n) is 13.0. The predicted octanol–water partition coefficient (Wildman–Crippen LogP) is 2.12. The molecule has 0 radical (unpaired) electrons. The minimum Gasteiger partial charge on any atom is -0.354 e. The standard InChI is InChI=1S/C14H23N7/c1-4-6-7-9-20(3)13-17-12(16-5-2)18-14(19-13)21-10-8-15-11-21/h8,10-11H,4-7,9H2,1-3H3,(H,16,17,18,19). The Hall–Kier alpha value is -2.18. The van der Waals surface area contributed by atoms with E-state index in [1.54, 1.807) is 17.1 Å². The lowest BCUT2D eigenvalue weighted by Gasteiger charge is -2.18. The first kappa shape index (κ1) is 15.2. The van der Waals surface area contributed by atoms with E-state index in [4.69, 9.17) is 0 Å². The Balaban J connectivity index is 2.23. The molecule has 0 aliphatic heterocycles. The zero-order valence-corrected chi connectivity index (χ0v) is 13.0. The highest BCUT2D eigenvalue weighted by Crippen LogP contribution is 2.13. The van der Waals surface area contributed by atoms with Crippen LogP contribution in [0.4, 0.5) is 11.9 Å². The average Bonchev–Trinajstić information content (AvgIpc) is 3.02. The van der Waals surface area contributed by atoms with Crippen LogP contribution in [-0.4, -0.2) is 44.6 Å². The molecule has 0 unspecified atom stereocenters. The molecular weight excluding hydrogens is 266 g/mol. The van der Waals surface area contributed by atoms with Crippen LogP contribution in [0, 0.1) is 0 Å². The van der Waals surface area contributed by atoms with E-state index in [1.165, 1.54) is 12.8 Å². The summed E-state index contributed by atoms with van der Waals surface area (Å²) in [5, 5.41) is 3.15. The summed E-state index contributed by atoms with van der Waals surface area (Å²) < 4.78 is 1.78. The van der Waals surface area contributed by atoms with Crippen LogP contribution in [0.3, 0.4) is 0 Å². The smallest absolute Gasteiger partial charge is 0.241 e. The fourth-order valence-electron chi connectivity index (χ4n) is 1.95. The van der Waals surface area contributed by atoms with E-state index in [1.807, 2.05) is 20.2 Å². The SMILES string of the molecule is CCCCCN(C)c1nc(NCC)nc(-n2ccnc2)n1. The molecule has 0 amide bonds. The van der Waals surface area contributed by atoms with Crippen LogP contribution in [-0.2, 0) is 0 Å². The third-order valence-electron chi connectivity index (χ3n) is 3.12. The van der Waals surface area contributed by atoms with Gasteiger partial charge in [-0.05, 0) is 13.3 Å². The number of nitrogens with zero attached hydrogens (tertiary/aromatic N) is 6. The molecule has 0 aromatic carbocycles. The van der Waals surface area contributed by atoms with Crippen molar-refractivity contribution in [2.24, 2.45) is 0 Å². The molecule has 7 nitrogen and oxygen atoms in total. The van der Waals surface area contributed by atoms with Crippen molar-refractivity contribution in [2.45, 2.75) is 33.1 Å². The van der Waals surface area contributed by atoms with Crippen molar-refractivity contribution >= 4 is 11.9 Å². The molecular formula is C14H23N7. The quantitative estimate of drug-likeness (QED) is 0.750. The molecule has 114 valence electrons. The fraction of sp³-hybridized carbons (Fsp3) is 0.571. The summed E-state index contributed by atoms with van der Waals surface area (Å²) in [6.45, 7) is 5.92. The number of rotatable bonds is 8. The second-order valence-electron chi connectivity index (χ2n) is 4.89. The first-order valence-corrected chi connectivity index (χ1v) is 7.44. The average molecular weight is 289 g/mol. The molecule has 0 bridgehead atoms. The highest BCUT2D eigenvalue weighted by atomic mass is 15.3. The minimum atomic E-state index is 0.579. The predicted molar refractivity (Wildman–Crippen MR) is 83.9 cm³/mol. The van der Waals surface area contributed by atoms with E-state index in [0.29, 0.717) is 17.8 Å². The first-order valence-electron chi connectivity index (χ1n) is 7.44. The largest absolute Gasteiger partial charge is 0.354 e. The van der Waals surface area contributed by atoms with Crippen LogP contribution < -0.4 is 10.2 Å². The van der Waals surface area contributed by atoms with Crippen molar-refractivity contribution in [3.63, 3.8) is 0 Å². The molecule has 21 heavy (non-hydrogen) atoms. The molecule has 0 atom stereocenters. The van der Waals surface area contributed by atoms with Gasteiger partial charge < -0.3 is 10.2 Å². The van der Waals surface area contributed by atoms with Gasteiger partial charge in [0.1, 0.15) is 6.33 Å². The summed E-state index contributed by atoms with van der Waals surface area (Å²) >= 11 is 0. The van der Waals surface area contributed by atoms with E-state index in [9.17, 15) is 0 Å². The number of hydrogen-bond acceptors (Lipinski definition) is 6. The Bertz CT molecular complexity index is 538. The van der Waals surface area contributed by atoms with Gasteiger partial charge in [0.2, 0.25) is 17.8 Å². The maximum atomic E-state index is 4.52. The third kappa shape index (κ3) is 4.14. The van der Waals surface area contributed by atoms with Gasteiger partial charge in [-0.1, -0.05) is 19.8 Å². The van der Waals surface area contributed by atoms with Crippen molar-refractivity contribution in [2.75, 3.05) is 30.4 Å². The van der Waals surface area contributed by atoms with Gasteiger partial charge in [0.25, 0.3) is 0 Å². The summed E-state index contributed by atoms with van der Waals surface area (Å²) in [5.41, 5.74) is 0. The van der Waals surface area contributed by atoms with Crippen LogP contribution in [0.1, 0.15) is 33.1 Å². The number of hydrogen-bond donors (Lipinski definition) is 1. The second-order valence-corrected chi connectivity index (χ2v) is 4.89. The number of nitrogens with one attached hydrogen (secondary N) is 1. The van der Waals surface area contributed by atoms with Gasteiger partial charge >= 0.3 is 0 Å². The van der Waals surface area contributed by atoms with Crippen LogP contribution in [0.25, 0.3) is 5.95 Å². The Morgan fingerprint density at radius 1 is 1.19 bits per heavy atom. The summed E-state index contributed by atoms with van der Waals surface area (Å²) in [6, 6.07) is 0. The molecule has 1 N–H and O–H groups in total. The minimum absolute atomic E-state index is 0.579. The highest BCUT2D eigenvalue weighted by Gasteiger charge is 2.11. The molecule has 0 saturated heterocycles. The van der Waals surface area contributed by atoms with E-state index in [-0.39, 0.29) is 0 Å². The molecule has 7 heteroatoms. The van der Waals surface area contributed by atoms with Gasteiger partial charge in [-0.3, -0.25) is 4.57 Å². The second kappa shape index (κ2) is 7.56. The topological polar surface area (TPSA) is 71.8 Å². The summed E-state index contributed by atoms with van der Waals surface area (Å²) in [7, 11) is 2.01. The molecule has 2 aromatic heterocycles. The van der Waals surface area contributed by atoms with Gasteiger partial charge in [-0.2, -0.15) is 15.0 Å². The lowest BCUT2D eigenvalue weighted by atomic mass is 10.2. The number of aromatic nitrogens is 5. The zero-order chi connectivity index (χ0) is 15.1. The molecule has 2 aromatic rings. The van der Waals surface area contributed by atoms with Crippen LogP contribution in [0.5, 0.6) is 0 Å². The maximum Gasteiger partial charge on any atom is 0.241 e. The molecule has 0 aliphatic carbocycles. The van der Waals surface area contributed by atoms with Crippen molar-refractivity contribution < 1.29 is 0 Å². The molecule has 0 saturated carbocycles. The van der Waals surface area contributed by atoms with E-state index in [2.05, 4.69) is 37.1 Å². The Kier molecular flexibility index (Phi) is 5.48. The van der Waals surface area contributed by atoms with Gasteiger partial charge in [-0.25, -0.2) is 4.98 Å². The third-order valence-corrected chi connectivity index (χ3v) is 3.12. The summed E-state index contributed by atoms with van der Waals surface area (Å²) in [5.74, 6) is 1.85. The molecule has 2 heterocycles. The summed E-state index contributed by atoms with van der Waals surface area (Å²) in [4.78, 5) is 19.5. The number of anilines is 2. The monoisotopic (exact) mass is 289 g/mol.